The highest BCUT2D eigenvalue weighted by atomic mass is 35.5. The zero-order chi connectivity index (χ0) is 18.7. The second-order valence-corrected chi connectivity index (χ2v) is 9.24. The zero-order valence-electron chi connectivity index (χ0n) is 13.9. The molecule has 134 valence electrons. The summed E-state index contributed by atoms with van der Waals surface area (Å²) in [6.07, 6.45) is 1.48. The van der Waals surface area contributed by atoms with Crippen LogP contribution in [0.4, 0.5) is 4.79 Å². The minimum Gasteiger partial charge on any atom is -0.333 e. The van der Waals surface area contributed by atoms with Crippen LogP contribution in [0.5, 0.6) is 0 Å². The van der Waals surface area contributed by atoms with E-state index >= 15 is 0 Å². The van der Waals surface area contributed by atoms with Crippen molar-refractivity contribution in [3.63, 3.8) is 0 Å². The Bertz CT molecular complexity index is 880. The molecule has 2 rings (SSSR count). The van der Waals surface area contributed by atoms with Gasteiger partial charge in [-0.15, -0.1) is 0 Å². The number of nitrogens with one attached hydrogen (secondary N) is 2. The van der Waals surface area contributed by atoms with Crippen LogP contribution in [0, 0.1) is 0 Å². The highest BCUT2D eigenvalue weighted by Gasteiger charge is 2.24. The maximum Gasteiger partial charge on any atom is 0.329 e. The van der Waals surface area contributed by atoms with Crippen molar-refractivity contribution in [1.29, 1.82) is 0 Å². The average Bonchev–Trinajstić information content (AvgIpc) is 2.47. The number of carbonyl (C=O) groups is 1. The summed E-state index contributed by atoms with van der Waals surface area (Å²) in [7, 11) is -4.08. The summed E-state index contributed by atoms with van der Waals surface area (Å²) in [6.45, 7) is 5.26. The van der Waals surface area contributed by atoms with Crippen LogP contribution in [-0.2, 0) is 10.0 Å². The van der Waals surface area contributed by atoms with Gasteiger partial charge in [-0.05, 0) is 45.0 Å². The predicted octanol–water partition coefficient (Wildman–Crippen LogP) is 3.67. The van der Waals surface area contributed by atoms with E-state index < -0.39 is 21.6 Å². The number of halogens is 1. The third-order valence-electron chi connectivity index (χ3n) is 2.78. The molecule has 0 unspecified atom stereocenters. The largest absolute Gasteiger partial charge is 0.333 e. The van der Waals surface area contributed by atoms with Crippen LogP contribution >= 0.6 is 23.4 Å². The van der Waals surface area contributed by atoms with Gasteiger partial charge in [-0.3, -0.25) is 0 Å². The number of pyridine rings is 1. The van der Waals surface area contributed by atoms with E-state index in [1.54, 1.807) is 45.0 Å². The van der Waals surface area contributed by atoms with Gasteiger partial charge in [0.1, 0.15) is 9.92 Å². The summed E-state index contributed by atoms with van der Waals surface area (Å²) in [5.41, 5.74) is -0.566. The molecule has 0 spiro atoms. The van der Waals surface area contributed by atoms with Gasteiger partial charge < -0.3 is 5.32 Å². The molecule has 0 fully saturated rings. The summed E-state index contributed by atoms with van der Waals surface area (Å²) in [6, 6.07) is 9.12. The van der Waals surface area contributed by atoms with Gasteiger partial charge in [-0.25, -0.2) is 22.9 Å². The predicted molar refractivity (Wildman–Crippen MR) is 98.4 cm³/mol. The molecule has 0 bridgehead atoms. The summed E-state index contributed by atoms with van der Waals surface area (Å²) >= 11 is 7.23. The first-order valence-corrected chi connectivity index (χ1v) is 9.99. The zero-order valence-corrected chi connectivity index (χ0v) is 16.3. The van der Waals surface area contributed by atoms with Crippen LogP contribution in [-0.4, -0.2) is 25.0 Å². The molecule has 0 atom stereocenters. The highest BCUT2D eigenvalue weighted by Crippen LogP contribution is 2.34. The topological polar surface area (TPSA) is 88.2 Å². The van der Waals surface area contributed by atoms with Crippen molar-refractivity contribution < 1.29 is 13.2 Å². The maximum atomic E-state index is 12.6. The fourth-order valence-electron chi connectivity index (χ4n) is 1.83. The lowest BCUT2D eigenvalue weighted by molar-refractivity contribution is 0.237. The molecule has 1 heterocycles. The van der Waals surface area contributed by atoms with E-state index in [1.165, 1.54) is 18.3 Å². The molecule has 2 aromatic rings. The molecule has 9 heteroatoms. The van der Waals surface area contributed by atoms with E-state index in [1.807, 2.05) is 4.72 Å². The van der Waals surface area contributed by atoms with Gasteiger partial charge in [-0.2, -0.15) is 0 Å². The monoisotopic (exact) mass is 399 g/mol. The number of aromatic nitrogens is 1. The molecule has 2 N–H and O–H groups in total. The number of hydrogen-bond acceptors (Lipinski definition) is 5. The third-order valence-corrected chi connectivity index (χ3v) is 5.81. The number of nitrogens with zero attached hydrogens (tertiary/aromatic N) is 1. The van der Waals surface area contributed by atoms with Gasteiger partial charge in [0.15, 0.2) is 0 Å². The maximum absolute atomic E-state index is 12.6. The normalized spacial score (nSPS) is 11.8. The quantitative estimate of drug-likeness (QED) is 0.818. The number of urea groups is 1. The first-order valence-electron chi connectivity index (χ1n) is 7.31. The molecule has 0 aliphatic carbocycles. The minimum absolute atomic E-state index is 0.0935. The molecule has 0 saturated carbocycles. The Morgan fingerprint density at radius 2 is 1.84 bits per heavy atom. The van der Waals surface area contributed by atoms with Crippen molar-refractivity contribution in [1.82, 2.24) is 15.0 Å². The average molecular weight is 400 g/mol. The SMILES string of the molecule is CC(C)(C)NC(=O)NS(=O)(=O)c1cccnc1Sc1ccccc1Cl. The Balaban J connectivity index is 2.30. The third kappa shape index (κ3) is 5.62. The molecule has 1 aromatic heterocycles. The molecule has 0 aliphatic heterocycles. The van der Waals surface area contributed by atoms with Gasteiger partial charge >= 0.3 is 6.03 Å². The number of hydrogen-bond donors (Lipinski definition) is 2. The lowest BCUT2D eigenvalue weighted by Gasteiger charge is -2.20. The fourth-order valence-corrected chi connectivity index (χ4v) is 4.29. The molecule has 0 saturated heterocycles. The van der Waals surface area contributed by atoms with Crippen LogP contribution in [0.25, 0.3) is 0 Å². The van der Waals surface area contributed by atoms with E-state index in [0.717, 1.165) is 11.8 Å². The van der Waals surface area contributed by atoms with Crippen LogP contribution in [0.3, 0.4) is 0 Å². The Kier molecular flexibility index (Phi) is 5.97. The van der Waals surface area contributed by atoms with E-state index in [4.69, 9.17) is 11.6 Å². The van der Waals surface area contributed by atoms with Crippen LogP contribution in [0.15, 0.2) is 57.4 Å². The Labute approximate surface area is 156 Å². The van der Waals surface area contributed by atoms with Gasteiger partial charge in [0.2, 0.25) is 0 Å². The lowest BCUT2D eigenvalue weighted by Crippen LogP contribution is -2.48. The smallest absolute Gasteiger partial charge is 0.329 e. The van der Waals surface area contributed by atoms with Crippen LogP contribution < -0.4 is 10.0 Å². The molecule has 0 aliphatic rings. The van der Waals surface area contributed by atoms with E-state index in [0.29, 0.717) is 9.92 Å². The molecular formula is C16H18ClN3O3S2. The number of carbonyl (C=O) groups excluding carboxylic acids is 1. The molecule has 0 radical (unpaired) electrons. The number of rotatable bonds is 4. The standard InChI is InChI=1S/C16H18ClN3O3S2/c1-16(2,3)19-15(21)20-25(22,23)13-9-6-10-18-14(13)24-12-8-5-4-7-11(12)17/h4-10H,1-3H3,(H2,19,20,21). The lowest BCUT2D eigenvalue weighted by atomic mass is 10.1. The van der Waals surface area contributed by atoms with Crippen molar-refractivity contribution in [3.8, 4) is 0 Å². The van der Waals surface area contributed by atoms with Gasteiger partial charge in [-0.1, -0.05) is 35.5 Å². The molecular weight excluding hydrogens is 382 g/mol. The minimum atomic E-state index is -4.08. The highest BCUT2D eigenvalue weighted by molar-refractivity contribution is 8.00. The van der Waals surface area contributed by atoms with Gasteiger partial charge in [0.05, 0.1) is 5.02 Å². The van der Waals surface area contributed by atoms with Gasteiger partial charge in [0, 0.05) is 16.6 Å². The summed E-state index contributed by atoms with van der Waals surface area (Å²) in [4.78, 5) is 16.6. The van der Waals surface area contributed by atoms with Gasteiger partial charge in [0.25, 0.3) is 10.0 Å². The molecule has 6 nitrogen and oxygen atoms in total. The second kappa shape index (κ2) is 7.63. The summed E-state index contributed by atoms with van der Waals surface area (Å²) < 4.78 is 27.1. The van der Waals surface area contributed by atoms with Crippen molar-refractivity contribution in [2.24, 2.45) is 0 Å². The summed E-state index contributed by atoms with van der Waals surface area (Å²) in [5, 5.41) is 3.26. The number of benzene rings is 1. The van der Waals surface area contributed by atoms with Crippen molar-refractivity contribution in [2.45, 2.75) is 41.1 Å². The second-order valence-electron chi connectivity index (χ2n) is 6.15. The first kappa shape index (κ1) is 19.6. The van der Waals surface area contributed by atoms with E-state index in [-0.39, 0.29) is 9.92 Å². The Hall–Kier alpha value is -1.77. The molecule has 25 heavy (non-hydrogen) atoms. The Morgan fingerprint density at radius 1 is 1.16 bits per heavy atom. The van der Waals surface area contributed by atoms with Crippen molar-refractivity contribution in [3.05, 3.63) is 47.6 Å². The van der Waals surface area contributed by atoms with Crippen molar-refractivity contribution in [2.75, 3.05) is 0 Å². The Morgan fingerprint density at radius 3 is 2.48 bits per heavy atom. The number of amides is 2. The van der Waals surface area contributed by atoms with Crippen LogP contribution in [0.2, 0.25) is 5.02 Å². The van der Waals surface area contributed by atoms with E-state index in [2.05, 4.69) is 10.3 Å². The number of sulfonamides is 1. The van der Waals surface area contributed by atoms with E-state index in [9.17, 15) is 13.2 Å². The molecule has 1 aromatic carbocycles. The van der Waals surface area contributed by atoms with Crippen molar-refractivity contribution >= 4 is 39.4 Å². The fraction of sp³-hybridized carbons (Fsp3) is 0.250. The molecule has 2 amide bonds. The summed E-state index contributed by atoms with van der Waals surface area (Å²) in [5.74, 6) is 0. The van der Waals surface area contributed by atoms with Crippen LogP contribution in [0.1, 0.15) is 20.8 Å². The first-order chi connectivity index (χ1) is 11.6.